The molecule has 0 radical (unpaired) electrons. The number of nitrogen functional groups attached to an aromatic ring is 2. The van der Waals surface area contributed by atoms with Crippen LogP contribution in [0.25, 0.3) is 28.4 Å². The zero-order valence-corrected chi connectivity index (χ0v) is 13.1. The van der Waals surface area contributed by atoms with Gasteiger partial charge in [0.2, 0.25) is 0 Å². The number of anilines is 2. The quantitative estimate of drug-likeness (QED) is 0.554. The Hall–Kier alpha value is -3.41. The number of rotatable bonds is 2. The number of pyridine rings is 1. The van der Waals surface area contributed by atoms with Crippen molar-refractivity contribution in [2.45, 2.75) is 6.92 Å². The Bertz CT molecular complexity index is 1050. The molecule has 0 atom stereocenters. The van der Waals surface area contributed by atoms with Crippen molar-refractivity contribution in [3.63, 3.8) is 0 Å². The first-order chi connectivity index (χ1) is 11.6. The smallest absolute Gasteiger partial charge is 0.161 e. The normalized spacial score (nSPS) is 11.0. The van der Waals surface area contributed by atoms with E-state index >= 15 is 0 Å². The minimum Gasteiger partial charge on any atom is -0.399 e. The van der Waals surface area contributed by atoms with Crippen molar-refractivity contribution in [3.8, 4) is 22.8 Å². The highest BCUT2D eigenvalue weighted by Crippen LogP contribution is 2.28. The molecule has 0 fully saturated rings. The average molecular weight is 316 g/mol. The molecule has 4 aromatic rings. The van der Waals surface area contributed by atoms with Crippen molar-refractivity contribution >= 4 is 17.0 Å². The lowest BCUT2D eigenvalue weighted by atomic mass is 10.1. The van der Waals surface area contributed by atoms with Crippen LogP contribution in [-0.4, -0.2) is 19.4 Å². The molecule has 6 heteroatoms. The van der Waals surface area contributed by atoms with Crippen LogP contribution in [0.5, 0.6) is 0 Å². The van der Waals surface area contributed by atoms with E-state index in [2.05, 4.69) is 9.97 Å². The summed E-state index contributed by atoms with van der Waals surface area (Å²) in [6.07, 6.45) is 3.70. The van der Waals surface area contributed by atoms with Gasteiger partial charge in [-0.25, -0.2) is 15.0 Å². The Labute approximate surface area is 138 Å². The minimum absolute atomic E-state index is 0.544. The average Bonchev–Trinajstić information content (AvgIpc) is 2.93. The van der Waals surface area contributed by atoms with E-state index in [1.165, 1.54) is 0 Å². The van der Waals surface area contributed by atoms with E-state index < -0.39 is 0 Å². The highest BCUT2D eigenvalue weighted by atomic mass is 15.0. The molecule has 4 N–H and O–H groups in total. The topological polar surface area (TPSA) is 95.1 Å². The van der Waals surface area contributed by atoms with Crippen molar-refractivity contribution in [3.05, 3.63) is 60.6 Å². The zero-order chi connectivity index (χ0) is 16.7. The van der Waals surface area contributed by atoms with Crippen LogP contribution in [0.4, 0.5) is 11.4 Å². The van der Waals surface area contributed by atoms with Crippen LogP contribution in [0.15, 0.2) is 54.9 Å². The molecule has 3 aromatic heterocycles. The van der Waals surface area contributed by atoms with Crippen LogP contribution >= 0.6 is 0 Å². The Balaban J connectivity index is 1.92. The fourth-order valence-corrected chi connectivity index (χ4v) is 2.81. The van der Waals surface area contributed by atoms with Gasteiger partial charge in [-0.2, -0.15) is 0 Å². The van der Waals surface area contributed by atoms with E-state index in [9.17, 15) is 0 Å². The molecule has 6 nitrogen and oxygen atoms in total. The number of fused-ring (bicyclic) bond motifs is 1. The van der Waals surface area contributed by atoms with Gasteiger partial charge in [0.05, 0.1) is 17.1 Å². The number of hydrogen-bond donors (Lipinski definition) is 2. The summed E-state index contributed by atoms with van der Waals surface area (Å²) in [6, 6.07) is 13.1. The monoisotopic (exact) mass is 316 g/mol. The third-order valence-corrected chi connectivity index (χ3v) is 3.92. The first-order valence-electron chi connectivity index (χ1n) is 7.56. The number of hydrogen-bond acceptors (Lipinski definition) is 5. The van der Waals surface area contributed by atoms with Crippen LogP contribution in [0.3, 0.4) is 0 Å². The second kappa shape index (κ2) is 5.34. The van der Waals surface area contributed by atoms with Crippen molar-refractivity contribution in [1.29, 1.82) is 0 Å². The molecular formula is C18H16N6. The first kappa shape index (κ1) is 14.2. The summed E-state index contributed by atoms with van der Waals surface area (Å²) in [4.78, 5) is 13.6. The van der Waals surface area contributed by atoms with E-state index in [1.807, 2.05) is 41.8 Å². The molecular weight excluding hydrogens is 300 g/mol. The van der Waals surface area contributed by atoms with Gasteiger partial charge in [-0.3, -0.25) is 4.40 Å². The molecule has 118 valence electrons. The van der Waals surface area contributed by atoms with Gasteiger partial charge in [0, 0.05) is 29.3 Å². The summed E-state index contributed by atoms with van der Waals surface area (Å²) in [5, 5.41) is 0. The largest absolute Gasteiger partial charge is 0.399 e. The molecule has 0 aliphatic carbocycles. The second-order valence-corrected chi connectivity index (χ2v) is 5.59. The summed E-state index contributed by atoms with van der Waals surface area (Å²) in [7, 11) is 0. The maximum atomic E-state index is 6.06. The van der Waals surface area contributed by atoms with Crippen LogP contribution in [0.1, 0.15) is 5.69 Å². The first-order valence-corrected chi connectivity index (χ1v) is 7.56. The summed E-state index contributed by atoms with van der Waals surface area (Å²) in [5.41, 5.74) is 17.4. The summed E-state index contributed by atoms with van der Waals surface area (Å²) in [5.74, 6) is 0.544. The minimum atomic E-state index is 0.544. The van der Waals surface area contributed by atoms with Gasteiger partial charge >= 0.3 is 0 Å². The Kier molecular flexibility index (Phi) is 3.16. The lowest BCUT2D eigenvalue weighted by Crippen LogP contribution is -1.99. The number of aromatic nitrogens is 4. The standard InChI is InChI=1S/C18H16N6/c1-11-17(24-9-3-2-4-16(24)22-11)15-7-8-21-18(23-15)13-10-12(19)5-6-14(13)20/h2-10H,19-20H2,1H3. The fraction of sp³-hybridized carbons (Fsp3) is 0.0556. The number of nitrogens with two attached hydrogens (primary N) is 2. The Morgan fingerprint density at radius 1 is 1.00 bits per heavy atom. The molecule has 0 aliphatic heterocycles. The molecule has 0 bridgehead atoms. The highest BCUT2D eigenvalue weighted by Gasteiger charge is 2.14. The van der Waals surface area contributed by atoms with Gasteiger partial charge < -0.3 is 11.5 Å². The molecule has 4 rings (SSSR count). The second-order valence-electron chi connectivity index (χ2n) is 5.59. The molecule has 0 saturated heterocycles. The zero-order valence-electron chi connectivity index (χ0n) is 13.1. The number of nitrogens with zero attached hydrogens (tertiary/aromatic N) is 4. The lowest BCUT2D eigenvalue weighted by Gasteiger charge is -2.08. The number of aryl methyl sites for hydroxylation is 1. The Morgan fingerprint density at radius 2 is 1.88 bits per heavy atom. The molecule has 0 unspecified atom stereocenters. The van der Waals surface area contributed by atoms with Crippen molar-refractivity contribution in [2.75, 3.05) is 11.5 Å². The van der Waals surface area contributed by atoms with E-state index in [0.717, 1.165) is 28.3 Å². The van der Waals surface area contributed by atoms with Crippen LogP contribution in [0, 0.1) is 6.92 Å². The predicted molar refractivity (Wildman–Crippen MR) is 95.2 cm³/mol. The Morgan fingerprint density at radius 3 is 2.75 bits per heavy atom. The van der Waals surface area contributed by atoms with Crippen LogP contribution in [-0.2, 0) is 0 Å². The molecule has 3 heterocycles. The van der Waals surface area contributed by atoms with Crippen molar-refractivity contribution < 1.29 is 0 Å². The number of benzene rings is 1. The molecule has 0 amide bonds. The maximum absolute atomic E-state index is 6.06. The molecule has 0 saturated carbocycles. The lowest BCUT2D eigenvalue weighted by molar-refractivity contribution is 1.13. The molecule has 1 aromatic carbocycles. The van der Waals surface area contributed by atoms with E-state index in [-0.39, 0.29) is 0 Å². The van der Waals surface area contributed by atoms with Gasteiger partial charge in [-0.05, 0) is 43.3 Å². The van der Waals surface area contributed by atoms with Gasteiger partial charge in [0.1, 0.15) is 5.65 Å². The third kappa shape index (κ3) is 2.25. The van der Waals surface area contributed by atoms with Gasteiger partial charge in [0.25, 0.3) is 0 Å². The summed E-state index contributed by atoms with van der Waals surface area (Å²) >= 11 is 0. The van der Waals surface area contributed by atoms with E-state index in [4.69, 9.17) is 16.5 Å². The van der Waals surface area contributed by atoms with Crippen LogP contribution in [0.2, 0.25) is 0 Å². The summed E-state index contributed by atoms with van der Waals surface area (Å²) in [6.45, 7) is 1.97. The van der Waals surface area contributed by atoms with E-state index in [0.29, 0.717) is 17.2 Å². The third-order valence-electron chi connectivity index (χ3n) is 3.92. The van der Waals surface area contributed by atoms with Gasteiger partial charge in [0.15, 0.2) is 5.82 Å². The summed E-state index contributed by atoms with van der Waals surface area (Å²) < 4.78 is 2.02. The number of imidazole rings is 1. The van der Waals surface area contributed by atoms with Crippen LogP contribution < -0.4 is 11.5 Å². The fourth-order valence-electron chi connectivity index (χ4n) is 2.81. The van der Waals surface area contributed by atoms with E-state index in [1.54, 1.807) is 24.4 Å². The molecule has 0 aliphatic rings. The van der Waals surface area contributed by atoms with Crippen molar-refractivity contribution in [1.82, 2.24) is 19.4 Å². The maximum Gasteiger partial charge on any atom is 0.161 e. The van der Waals surface area contributed by atoms with Gasteiger partial charge in [-0.15, -0.1) is 0 Å². The SMILES string of the molecule is Cc1nc2ccccn2c1-c1ccnc(-c2cc(N)ccc2N)n1. The predicted octanol–water partition coefficient (Wildman–Crippen LogP) is 2.93. The van der Waals surface area contributed by atoms with Gasteiger partial charge in [-0.1, -0.05) is 6.07 Å². The molecule has 24 heavy (non-hydrogen) atoms. The molecule has 0 spiro atoms. The highest BCUT2D eigenvalue weighted by molar-refractivity contribution is 5.76. The van der Waals surface area contributed by atoms with Crippen molar-refractivity contribution in [2.24, 2.45) is 0 Å².